The van der Waals surface area contributed by atoms with E-state index >= 15 is 0 Å². The van der Waals surface area contributed by atoms with Crippen LogP contribution in [-0.4, -0.2) is 40.0 Å². The number of halogens is 1. The highest BCUT2D eigenvalue weighted by molar-refractivity contribution is 7.92. The summed E-state index contributed by atoms with van der Waals surface area (Å²) in [5, 5.41) is 2.60. The van der Waals surface area contributed by atoms with E-state index in [4.69, 9.17) is 16.3 Å². The van der Waals surface area contributed by atoms with Crippen molar-refractivity contribution in [1.82, 2.24) is 5.32 Å². The number of carbonyl (C=O) groups is 2. The number of nitrogens with zero attached hydrogens (tertiary/aromatic N) is 1. The van der Waals surface area contributed by atoms with Gasteiger partial charge in [-0.3, -0.25) is 9.10 Å². The molecule has 2 rings (SSSR count). The number of rotatable bonds is 7. The predicted molar refractivity (Wildman–Crippen MR) is 107 cm³/mol. The van der Waals surface area contributed by atoms with Crippen molar-refractivity contribution in [2.75, 3.05) is 18.0 Å². The molecule has 28 heavy (non-hydrogen) atoms. The van der Waals surface area contributed by atoms with Gasteiger partial charge in [0.15, 0.2) is 6.61 Å². The van der Waals surface area contributed by atoms with Crippen LogP contribution in [0.1, 0.15) is 24.2 Å². The maximum Gasteiger partial charge on any atom is 0.340 e. The van der Waals surface area contributed by atoms with Crippen molar-refractivity contribution in [1.29, 1.82) is 0 Å². The molecule has 0 fully saturated rings. The number of carbonyl (C=O) groups excluding carboxylic acids is 2. The van der Waals surface area contributed by atoms with Gasteiger partial charge >= 0.3 is 5.97 Å². The summed E-state index contributed by atoms with van der Waals surface area (Å²) in [5.41, 5.74) is 0.327. The fourth-order valence-electron chi connectivity index (χ4n) is 2.33. The van der Waals surface area contributed by atoms with E-state index in [9.17, 15) is 18.0 Å². The van der Waals surface area contributed by atoms with Gasteiger partial charge in [-0.05, 0) is 44.2 Å². The van der Waals surface area contributed by atoms with Crippen LogP contribution in [0.2, 0.25) is 5.02 Å². The van der Waals surface area contributed by atoms with Gasteiger partial charge in [0, 0.05) is 13.1 Å². The second-order valence-electron chi connectivity index (χ2n) is 6.25. The van der Waals surface area contributed by atoms with Crippen LogP contribution in [0.25, 0.3) is 0 Å². The first-order chi connectivity index (χ1) is 13.1. The van der Waals surface area contributed by atoms with Crippen LogP contribution in [-0.2, 0) is 19.6 Å². The van der Waals surface area contributed by atoms with Crippen LogP contribution in [0.5, 0.6) is 0 Å². The Hall–Kier alpha value is -2.58. The number of hydrogen-bond acceptors (Lipinski definition) is 5. The van der Waals surface area contributed by atoms with E-state index in [-0.39, 0.29) is 21.5 Å². The molecule has 1 N–H and O–H groups in total. The minimum atomic E-state index is -3.92. The van der Waals surface area contributed by atoms with Crippen molar-refractivity contribution in [3.8, 4) is 0 Å². The third kappa shape index (κ3) is 5.24. The summed E-state index contributed by atoms with van der Waals surface area (Å²) >= 11 is 6.03. The molecule has 0 spiro atoms. The van der Waals surface area contributed by atoms with Crippen molar-refractivity contribution in [2.45, 2.75) is 24.8 Å². The van der Waals surface area contributed by atoms with Gasteiger partial charge in [-0.1, -0.05) is 29.8 Å². The number of esters is 1. The van der Waals surface area contributed by atoms with E-state index in [1.807, 2.05) is 0 Å². The van der Waals surface area contributed by atoms with E-state index in [0.717, 1.165) is 10.4 Å². The maximum absolute atomic E-state index is 12.9. The molecule has 2 aromatic carbocycles. The lowest BCUT2D eigenvalue weighted by molar-refractivity contribution is -0.124. The number of ether oxygens (including phenoxy) is 1. The Morgan fingerprint density at radius 1 is 1.14 bits per heavy atom. The van der Waals surface area contributed by atoms with Gasteiger partial charge in [0.05, 0.1) is 21.2 Å². The first-order valence-corrected chi connectivity index (χ1v) is 10.2. The number of hydrogen-bond donors (Lipinski definition) is 1. The average molecular weight is 425 g/mol. The Morgan fingerprint density at radius 3 is 2.39 bits per heavy atom. The van der Waals surface area contributed by atoms with E-state index in [0.29, 0.717) is 5.69 Å². The fourth-order valence-corrected chi connectivity index (χ4v) is 3.75. The zero-order valence-electron chi connectivity index (χ0n) is 15.7. The number of nitrogens with one attached hydrogen (secondary N) is 1. The molecule has 7 nitrogen and oxygen atoms in total. The highest BCUT2D eigenvalue weighted by Crippen LogP contribution is 2.26. The predicted octanol–water partition coefficient (Wildman–Crippen LogP) is 2.85. The molecule has 1 amide bonds. The van der Waals surface area contributed by atoms with Gasteiger partial charge in [-0.15, -0.1) is 0 Å². The summed E-state index contributed by atoms with van der Waals surface area (Å²) in [6.45, 7) is 3.05. The first kappa shape index (κ1) is 21.7. The minimum absolute atomic E-state index is 0.0237. The largest absolute Gasteiger partial charge is 0.452 e. The second-order valence-corrected chi connectivity index (χ2v) is 8.62. The van der Waals surface area contributed by atoms with Crippen LogP contribution in [0, 0.1) is 0 Å². The lowest BCUT2D eigenvalue weighted by Gasteiger charge is -2.20. The lowest BCUT2D eigenvalue weighted by atomic mass is 10.2. The molecule has 9 heteroatoms. The zero-order valence-corrected chi connectivity index (χ0v) is 17.3. The average Bonchev–Trinajstić information content (AvgIpc) is 2.65. The third-order valence-corrected chi connectivity index (χ3v) is 5.83. The zero-order chi connectivity index (χ0) is 20.9. The maximum atomic E-state index is 12.9. The fraction of sp³-hybridized carbons (Fsp3) is 0.263. The van der Waals surface area contributed by atoms with Gasteiger partial charge in [0.25, 0.3) is 15.9 Å². The quantitative estimate of drug-likeness (QED) is 0.690. The van der Waals surface area contributed by atoms with Crippen LogP contribution in [0.3, 0.4) is 0 Å². The molecule has 0 saturated heterocycles. The van der Waals surface area contributed by atoms with Crippen molar-refractivity contribution >= 4 is 39.2 Å². The van der Waals surface area contributed by atoms with Gasteiger partial charge in [0.2, 0.25) is 0 Å². The van der Waals surface area contributed by atoms with E-state index in [1.54, 1.807) is 44.2 Å². The van der Waals surface area contributed by atoms with Crippen LogP contribution in [0.15, 0.2) is 53.4 Å². The molecule has 0 heterocycles. The summed E-state index contributed by atoms with van der Waals surface area (Å²) in [7, 11) is -2.51. The number of benzene rings is 2. The summed E-state index contributed by atoms with van der Waals surface area (Å²) in [6.07, 6.45) is 0. The number of anilines is 1. The Morgan fingerprint density at radius 2 is 1.79 bits per heavy atom. The lowest BCUT2D eigenvalue weighted by Crippen LogP contribution is -2.34. The normalized spacial score (nSPS) is 11.2. The van der Waals surface area contributed by atoms with E-state index in [2.05, 4.69) is 5.32 Å². The van der Waals surface area contributed by atoms with Gasteiger partial charge in [-0.2, -0.15) is 0 Å². The van der Waals surface area contributed by atoms with Crippen LogP contribution in [0.4, 0.5) is 5.69 Å². The third-order valence-electron chi connectivity index (χ3n) is 3.72. The molecule has 0 atom stereocenters. The topological polar surface area (TPSA) is 92.8 Å². The Balaban J connectivity index is 2.24. The molecule has 0 aliphatic rings. The molecule has 0 aliphatic carbocycles. The molecule has 0 saturated carbocycles. The van der Waals surface area contributed by atoms with E-state index in [1.165, 1.54) is 19.2 Å². The molecule has 150 valence electrons. The molecule has 0 bridgehead atoms. The van der Waals surface area contributed by atoms with Crippen molar-refractivity contribution < 1.29 is 22.7 Å². The van der Waals surface area contributed by atoms with Crippen LogP contribution >= 0.6 is 11.6 Å². The summed E-state index contributed by atoms with van der Waals surface area (Å²) in [5.74, 6) is -1.35. The van der Waals surface area contributed by atoms with Crippen molar-refractivity contribution in [3.05, 3.63) is 59.1 Å². The summed E-state index contributed by atoms with van der Waals surface area (Å²) in [4.78, 5) is 23.8. The second kappa shape index (κ2) is 9.07. The Bertz CT molecular complexity index is 962. The number of para-hydroxylation sites is 1. The number of sulfonamides is 1. The Kier molecular flexibility index (Phi) is 7.04. The van der Waals surface area contributed by atoms with Gasteiger partial charge in [0.1, 0.15) is 0 Å². The van der Waals surface area contributed by atoms with Gasteiger partial charge in [-0.25, -0.2) is 13.2 Å². The molecule has 0 aliphatic heterocycles. The van der Waals surface area contributed by atoms with Crippen molar-refractivity contribution in [2.24, 2.45) is 0 Å². The SMILES string of the molecule is CC(C)NC(=O)COC(=O)c1cc(S(=O)(=O)N(C)c2ccccc2)ccc1Cl. The smallest absolute Gasteiger partial charge is 0.340 e. The molecule has 0 radical (unpaired) electrons. The van der Waals surface area contributed by atoms with Gasteiger partial charge < -0.3 is 10.1 Å². The highest BCUT2D eigenvalue weighted by atomic mass is 35.5. The van der Waals surface area contributed by atoms with E-state index < -0.39 is 28.5 Å². The molecular weight excluding hydrogens is 404 g/mol. The summed E-state index contributed by atoms with van der Waals surface area (Å²) in [6, 6.07) is 12.2. The molecular formula is C19H21ClN2O5S. The summed E-state index contributed by atoms with van der Waals surface area (Å²) < 4.78 is 31.8. The van der Waals surface area contributed by atoms with Crippen molar-refractivity contribution in [3.63, 3.8) is 0 Å². The first-order valence-electron chi connectivity index (χ1n) is 8.43. The molecule has 2 aromatic rings. The highest BCUT2D eigenvalue weighted by Gasteiger charge is 2.24. The minimum Gasteiger partial charge on any atom is -0.452 e. The monoisotopic (exact) mass is 424 g/mol. The number of amides is 1. The standard InChI is InChI=1S/C19H21ClN2O5S/c1-13(2)21-18(23)12-27-19(24)16-11-15(9-10-17(16)20)28(25,26)22(3)14-7-5-4-6-8-14/h4-11,13H,12H2,1-3H3,(H,21,23). The van der Waals surface area contributed by atoms with Crippen LogP contribution < -0.4 is 9.62 Å². The molecule has 0 aromatic heterocycles. The Labute approximate surface area is 169 Å². The molecule has 0 unspecified atom stereocenters.